The Hall–Kier alpha value is -1.18. The zero-order valence-electron chi connectivity index (χ0n) is 7.19. The van der Waals surface area contributed by atoms with E-state index in [4.69, 9.17) is 4.74 Å². The van der Waals surface area contributed by atoms with E-state index >= 15 is 0 Å². The molecule has 0 saturated carbocycles. The van der Waals surface area contributed by atoms with Crippen molar-refractivity contribution in [2.75, 3.05) is 13.2 Å². The molecule has 78 valence electrons. The number of hydrogen-bond acceptors (Lipinski definition) is 5. The van der Waals surface area contributed by atoms with Crippen molar-refractivity contribution in [3.8, 4) is 0 Å². The van der Waals surface area contributed by atoms with Gasteiger partial charge in [0, 0.05) is 0 Å². The van der Waals surface area contributed by atoms with Crippen molar-refractivity contribution in [1.29, 1.82) is 0 Å². The Morgan fingerprint density at radius 2 is 1.86 bits per heavy atom. The number of carbonyl (C=O) groups is 2. The van der Waals surface area contributed by atoms with E-state index in [1.165, 1.54) is 0 Å². The van der Waals surface area contributed by atoms with E-state index in [0.717, 1.165) is 0 Å². The lowest BCUT2D eigenvalue weighted by atomic mass is 9.85. The van der Waals surface area contributed by atoms with Crippen molar-refractivity contribution in [1.82, 2.24) is 10.6 Å². The topological polar surface area (TPSA) is 108 Å². The molecular formula is C7H10N2O5. The zero-order chi connectivity index (χ0) is 10.3. The van der Waals surface area contributed by atoms with Crippen molar-refractivity contribution < 1.29 is 24.5 Å². The maximum absolute atomic E-state index is 11.4. The quantitative estimate of drug-likeness (QED) is 0.320. The third-order valence-corrected chi connectivity index (χ3v) is 2.53. The number of aliphatic hydroxyl groups excluding tert-OH is 2. The monoisotopic (exact) mass is 202 g/mol. The fourth-order valence-electron chi connectivity index (χ4n) is 1.73. The summed E-state index contributed by atoms with van der Waals surface area (Å²) < 4.78 is 4.83. The second-order valence-corrected chi connectivity index (χ2v) is 3.35. The normalized spacial score (nSPS) is 42.4. The summed E-state index contributed by atoms with van der Waals surface area (Å²) in [5.74, 6) is -0.717. The molecule has 0 aromatic heterocycles. The van der Waals surface area contributed by atoms with Gasteiger partial charge in [-0.15, -0.1) is 0 Å². The third-order valence-electron chi connectivity index (χ3n) is 2.53. The van der Waals surface area contributed by atoms with Crippen LogP contribution in [0.1, 0.15) is 0 Å². The minimum atomic E-state index is -1.64. The third kappa shape index (κ3) is 1.03. The fraction of sp³-hybridized carbons (Fsp3) is 0.714. The summed E-state index contributed by atoms with van der Waals surface area (Å²) in [5.41, 5.74) is -1.64. The van der Waals surface area contributed by atoms with Crippen LogP contribution < -0.4 is 10.6 Å². The number of rotatable bonds is 0. The Bertz CT molecular complexity index is 282. The summed E-state index contributed by atoms with van der Waals surface area (Å²) in [6, 6.07) is -0.713. The average Bonchev–Trinajstić information content (AvgIpc) is 2.39. The lowest BCUT2D eigenvalue weighted by Crippen LogP contribution is -2.69. The Kier molecular flexibility index (Phi) is 1.95. The Labute approximate surface area is 79.0 Å². The van der Waals surface area contributed by atoms with Gasteiger partial charge in [-0.2, -0.15) is 0 Å². The van der Waals surface area contributed by atoms with E-state index in [1.807, 2.05) is 5.32 Å². The molecule has 14 heavy (non-hydrogen) atoms. The van der Waals surface area contributed by atoms with Gasteiger partial charge in [-0.25, -0.2) is 4.79 Å². The van der Waals surface area contributed by atoms with Crippen LogP contribution in [-0.2, 0) is 9.53 Å². The van der Waals surface area contributed by atoms with E-state index in [-0.39, 0.29) is 13.2 Å². The van der Waals surface area contributed by atoms with Crippen LogP contribution >= 0.6 is 0 Å². The summed E-state index contributed by atoms with van der Waals surface area (Å²) in [6.07, 6.45) is -2.48. The van der Waals surface area contributed by atoms with Crippen LogP contribution in [0.15, 0.2) is 0 Å². The number of ether oxygens (including phenoxy) is 1. The standard InChI is InChI=1S/C7H10N2O5/c10-3-1-14-2-4(11)7(3)5(12)8-6(13)9-7/h3-4,10-11H,1-2H2,(H2,8,9,12,13). The molecule has 0 aliphatic carbocycles. The summed E-state index contributed by atoms with van der Waals surface area (Å²) in [5, 5.41) is 23.3. The van der Waals surface area contributed by atoms with Gasteiger partial charge in [0.25, 0.3) is 5.91 Å². The lowest BCUT2D eigenvalue weighted by molar-refractivity contribution is -0.157. The van der Waals surface area contributed by atoms with E-state index in [9.17, 15) is 19.8 Å². The molecule has 0 aromatic carbocycles. The fourth-order valence-corrected chi connectivity index (χ4v) is 1.73. The molecule has 4 N–H and O–H groups in total. The Morgan fingerprint density at radius 1 is 1.29 bits per heavy atom. The number of amides is 3. The van der Waals surface area contributed by atoms with Gasteiger partial charge < -0.3 is 20.3 Å². The van der Waals surface area contributed by atoms with Gasteiger partial charge in [0.05, 0.1) is 13.2 Å². The molecule has 2 rings (SSSR count). The summed E-state index contributed by atoms with van der Waals surface area (Å²) >= 11 is 0. The molecule has 2 fully saturated rings. The van der Waals surface area contributed by atoms with Crippen molar-refractivity contribution in [2.45, 2.75) is 17.7 Å². The first-order valence-corrected chi connectivity index (χ1v) is 4.15. The second-order valence-electron chi connectivity index (χ2n) is 3.35. The molecule has 2 atom stereocenters. The second kappa shape index (κ2) is 2.91. The van der Waals surface area contributed by atoms with Gasteiger partial charge in [-0.05, 0) is 0 Å². The highest BCUT2D eigenvalue weighted by Gasteiger charge is 2.58. The van der Waals surface area contributed by atoms with Gasteiger partial charge in [-0.1, -0.05) is 0 Å². The molecule has 7 nitrogen and oxygen atoms in total. The number of carbonyl (C=O) groups excluding carboxylic acids is 2. The summed E-state index contributed by atoms with van der Waals surface area (Å²) in [6.45, 7) is -0.185. The molecule has 2 unspecified atom stereocenters. The van der Waals surface area contributed by atoms with E-state index in [0.29, 0.717) is 0 Å². The molecule has 7 heteroatoms. The van der Waals surface area contributed by atoms with Gasteiger partial charge in [-0.3, -0.25) is 10.1 Å². The van der Waals surface area contributed by atoms with Gasteiger partial charge in [0.2, 0.25) is 0 Å². The molecule has 2 saturated heterocycles. The number of aliphatic hydroxyl groups is 2. The number of imide groups is 1. The molecule has 2 aliphatic rings. The average molecular weight is 202 g/mol. The molecule has 0 aromatic rings. The highest BCUT2D eigenvalue weighted by molar-refractivity contribution is 6.08. The predicted octanol–water partition coefficient (Wildman–Crippen LogP) is -2.68. The highest BCUT2D eigenvalue weighted by atomic mass is 16.5. The first kappa shape index (κ1) is 9.38. The molecule has 0 radical (unpaired) electrons. The number of nitrogens with one attached hydrogen (secondary N) is 2. The number of urea groups is 1. The summed E-state index contributed by atoms with van der Waals surface area (Å²) in [4.78, 5) is 22.3. The highest BCUT2D eigenvalue weighted by Crippen LogP contribution is 2.24. The van der Waals surface area contributed by atoms with E-state index in [1.54, 1.807) is 0 Å². The molecular weight excluding hydrogens is 192 g/mol. The smallest absolute Gasteiger partial charge is 0.322 e. The minimum Gasteiger partial charge on any atom is -0.388 e. The van der Waals surface area contributed by atoms with Crippen LogP contribution in [0.4, 0.5) is 4.79 Å². The van der Waals surface area contributed by atoms with Gasteiger partial charge in [0.1, 0.15) is 12.2 Å². The number of hydrogen-bond donors (Lipinski definition) is 4. The minimum absolute atomic E-state index is 0.0925. The SMILES string of the molecule is O=C1NC(=O)C2(N1)C(O)COCC2O. The van der Waals surface area contributed by atoms with Gasteiger partial charge in [0.15, 0.2) is 5.54 Å². The van der Waals surface area contributed by atoms with Crippen LogP contribution in [0.25, 0.3) is 0 Å². The molecule has 1 spiro atoms. The van der Waals surface area contributed by atoms with Crippen molar-refractivity contribution in [3.05, 3.63) is 0 Å². The van der Waals surface area contributed by atoms with Crippen LogP contribution in [-0.4, -0.2) is 53.1 Å². The molecule has 2 heterocycles. The van der Waals surface area contributed by atoms with Crippen molar-refractivity contribution in [3.63, 3.8) is 0 Å². The summed E-state index contributed by atoms with van der Waals surface area (Å²) in [7, 11) is 0. The molecule has 2 aliphatic heterocycles. The zero-order valence-corrected chi connectivity index (χ0v) is 7.19. The predicted molar refractivity (Wildman–Crippen MR) is 42.2 cm³/mol. The molecule has 3 amide bonds. The van der Waals surface area contributed by atoms with Gasteiger partial charge >= 0.3 is 6.03 Å². The maximum atomic E-state index is 11.4. The van der Waals surface area contributed by atoms with Crippen LogP contribution in [0.2, 0.25) is 0 Å². The van der Waals surface area contributed by atoms with E-state index < -0.39 is 29.7 Å². The van der Waals surface area contributed by atoms with Crippen molar-refractivity contribution in [2.24, 2.45) is 0 Å². The maximum Gasteiger partial charge on any atom is 0.322 e. The van der Waals surface area contributed by atoms with Crippen LogP contribution in [0, 0.1) is 0 Å². The van der Waals surface area contributed by atoms with Crippen LogP contribution in [0.3, 0.4) is 0 Å². The van der Waals surface area contributed by atoms with E-state index in [2.05, 4.69) is 5.32 Å². The lowest BCUT2D eigenvalue weighted by Gasteiger charge is -2.38. The van der Waals surface area contributed by atoms with Crippen LogP contribution in [0.5, 0.6) is 0 Å². The Morgan fingerprint density at radius 3 is 2.29 bits per heavy atom. The van der Waals surface area contributed by atoms with Crippen molar-refractivity contribution >= 4 is 11.9 Å². The molecule has 0 bridgehead atoms. The largest absolute Gasteiger partial charge is 0.388 e. The first-order chi connectivity index (χ1) is 6.57. The first-order valence-electron chi connectivity index (χ1n) is 4.15. The Balaban J connectivity index is 2.35.